The third-order valence-electron chi connectivity index (χ3n) is 2.73. The molecule has 1 aromatic heterocycles. The lowest BCUT2D eigenvalue weighted by molar-refractivity contribution is 0.476. The number of aromatic hydroxyl groups is 1. The maximum Gasteiger partial charge on any atom is 0.126 e. The summed E-state index contributed by atoms with van der Waals surface area (Å²) in [7, 11) is 0. The molecule has 3 nitrogen and oxygen atoms in total. The monoisotopic (exact) mass is 240 g/mol. The normalized spacial score (nSPS) is 10.2. The van der Waals surface area contributed by atoms with Crippen LogP contribution < -0.4 is 5.32 Å². The van der Waals surface area contributed by atoms with Gasteiger partial charge in [0.2, 0.25) is 0 Å². The van der Waals surface area contributed by atoms with Crippen LogP contribution in [0.15, 0.2) is 30.3 Å². The van der Waals surface area contributed by atoms with Crippen molar-refractivity contribution in [2.45, 2.75) is 19.3 Å². The quantitative estimate of drug-likeness (QED) is 0.623. The number of rotatable bonds is 5. The van der Waals surface area contributed by atoms with Crippen LogP contribution in [0.2, 0.25) is 0 Å². The van der Waals surface area contributed by atoms with Crippen molar-refractivity contribution < 1.29 is 5.11 Å². The fourth-order valence-electron chi connectivity index (χ4n) is 1.78. The summed E-state index contributed by atoms with van der Waals surface area (Å²) in [6.07, 6.45) is 8.09. The Kier molecular flexibility index (Phi) is 4.03. The highest BCUT2D eigenvalue weighted by atomic mass is 16.3. The number of terminal acetylenes is 1. The molecule has 0 unspecified atom stereocenters. The highest BCUT2D eigenvalue weighted by Gasteiger charge is 1.99. The lowest BCUT2D eigenvalue weighted by atomic mass is 10.2. The van der Waals surface area contributed by atoms with Gasteiger partial charge in [0.25, 0.3) is 0 Å². The van der Waals surface area contributed by atoms with Crippen LogP contribution in [0.5, 0.6) is 5.75 Å². The Morgan fingerprint density at radius 3 is 2.94 bits per heavy atom. The van der Waals surface area contributed by atoms with E-state index < -0.39 is 0 Å². The highest BCUT2D eigenvalue weighted by molar-refractivity contribution is 5.81. The van der Waals surface area contributed by atoms with Crippen LogP contribution in [0.25, 0.3) is 10.9 Å². The van der Waals surface area contributed by atoms with Crippen LogP contribution in [0, 0.1) is 12.3 Å². The topological polar surface area (TPSA) is 45.1 Å². The zero-order valence-electron chi connectivity index (χ0n) is 10.2. The summed E-state index contributed by atoms with van der Waals surface area (Å²) in [6, 6.07) is 9.04. The molecule has 0 aliphatic heterocycles. The molecule has 0 aliphatic rings. The van der Waals surface area contributed by atoms with E-state index in [9.17, 15) is 5.11 Å². The van der Waals surface area contributed by atoms with E-state index in [2.05, 4.69) is 16.2 Å². The molecule has 0 saturated carbocycles. The molecule has 0 amide bonds. The van der Waals surface area contributed by atoms with Crippen molar-refractivity contribution in [2.24, 2.45) is 0 Å². The number of hydrogen-bond donors (Lipinski definition) is 2. The molecule has 18 heavy (non-hydrogen) atoms. The summed E-state index contributed by atoms with van der Waals surface area (Å²) in [5.74, 6) is 3.75. The van der Waals surface area contributed by atoms with Crippen molar-refractivity contribution in [3.8, 4) is 18.1 Å². The second-order valence-corrected chi connectivity index (χ2v) is 4.16. The molecule has 3 heteroatoms. The first-order valence-corrected chi connectivity index (χ1v) is 6.07. The van der Waals surface area contributed by atoms with E-state index in [1.807, 2.05) is 18.2 Å². The SMILES string of the molecule is C#CCCCCNc1ccc2cc(O)ccc2n1. The van der Waals surface area contributed by atoms with Crippen LogP contribution in [0.3, 0.4) is 0 Å². The maximum absolute atomic E-state index is 9.36. The second kappa shape index (κ2) is 5.92. The van der Waals surface area contributed by atoms with Gasteiger partial charge >= 0.3 is 0 Å². The number of phenolic OH excluding ortho intramolecular Hbond substituents is 1. The Balaban J connectivity index is 1.98. The van der Waals surface area contributed by atoms with Crippen molar-refractivity contribution in [2.75, 3.05) is 11.9 Å². The number of pyridine rings is 1. The Labute approximate surface area is 107 Å². The van der Waals surface area contributed by atoms with Crippen LogP contribution in [0.4, 0.5) is 5.82 Å². The largest absolute Gasteiger partial charge is 0.508 e. The Hall–Kier alpha value is -2.21. The van der Waals surface area contributed by atoms with E-state index in [1.54, 1.807) is 12.1 Å². The van der Waals surface area contributed by atoms with E-state index in [1.165, 1.54) is 0 Å². The molecular weight excluding hydrogens is 224 g/mol. The molecule has 0 saturated heterocycles. The molecule has 0 atom stereocenters. The lowest BCUT2D eigenvalue weighted by Gasteiger charge is -2.06. The van der Waals surface area contributed by atoms with Gasteiger partial charge < -0.3 is 10.4 Å². The lowest BCUT2D eigenvalue weighted by Crippen LogP contribution is -2.02. The van der Waals surface area contributed by atoms with E-state index in [-0.39, 0.29) is 5.75 Å². The summed E-state index contributed by atoms with van der Waals surface area (Å²) in [4.78, 5) is 4.47. The predicted octanol–water partition coefficient (Wildman–Crippen LogP) is 3.16. The molecular formula is C15H16N2O. The first-order valence-electron chi connectivity index (χ1n) is 6.07. The van der Waals surface area contributed by atoms with Gasteiger partial charge in [-0.15, -0.1) is 12.3 Å². The number of anilines is 1. The fraction of sp³-hybridized carbons (Fsp3) is 0.267. The van der Waals surface area contributed by atoms with E-state index >= 15 is 0 Å². The minimum Gasteiger partial charge on any atom is -0.508 e. The van der Waals surface area contributed by atoms with Gasteiger partial charge in [0, 0.05) is 18.4 Å². The Bertz CT molecular complexity index is 572. The molecule has 0 bridgehead atoms. The van der Waals surface area contributed by atoms with Gasteiger partial charge in [0.15, 0.2) is 0 Å². The zero-order valence-corrected chi connectivity index (χ0v) is 10.2. The predicted molar refractivity (Wildman–Crippen MR) is 74.6 cm³/mol. The molecule has 1 aromatic carbocycles. The molecule has 92 valence electrons. The van der Waals surface area contributed by atoms with Gasteiger partial charge in [-0.1, -0.05) is 0 Å². The highest BCUT2D eigenvalue weighted by Crippen LogP contribution is 2.20. The number of aromatic nitrogens is 1. The van der Waals surface area contributed by atoms with Crippen molar-refractivity contribution in [1.29, 1.82) is 0 Å². The molecule has 0 aliphatic carbocycles. The number of nitrogens with zero attached hydrogens (tertiary/aromatic N) is 1. The average Bonchev–Trinajstić information content (AvgIpc) is 2.38. The molecule has 2 N–H and O–H groups in total. The minimum absolute atomic E-state index is 0.263. The summed E-state index contributed by atoms with van der Waals surface area (Å²) in [6.45, 7) is 0.873. The number of nitrogens with one attached hydrogen (secondary N) is 1. The third-order valence-corrected chi connectivity index (χ3v) is 2.73. The van der Waals surface area contributed by atoms with E-state index in [4.69, 9.17) is 6.42 Å². The smallest absolute Gasteiger partial charge is 0.126 e. The molecule has 2 aromatic rings. The van der Waals surface area contributed by atoms with Gasteiger partial charge in [0.1, 0.15) is 11.6 Å². The van der Waals surface area contributed by atoms with Crippen LogP contribution in [-0.2, 0) is 0 Å². The Morgan fingerprint density at radius 2 is 2.11 bits per heavy atom. The van der Waals surface area contributed by atoms with Gasteiger partial charge in [-0.2, -0.15) is 0 Å². The number of benzene rings is 1. The van der Waals surface area contributed by atoms with Crippen molar-refractivity contribution in [1.82, 2.24) is 4.98 Å². The number of unbranched alkanes of at least 4 members (excludes halogenated alkanes) is 2. The molecule has 0 radical (unpaired) electrons. The summed E-state index contributed by atoms with van der Waals surface area (Å²) >= 11 is 0. The fourth-order valence-corrected chi connectivity index (χ4v) is 1.78. The number of phenols is 1. The van der Waals surface area contributed by atoms with E-state index in [0.29, 0.717) is 0 Å². The minimum atomic E-state index is 0.263. The van der Waals surface area contributed by atoms with Gasteiger partial charge in [-0.3, -0.25) is 0 Å². The van der Waals surface area contributed by atoms with Gasteiger partial charge in [0.05, 0.1) is 5.52 Å². The zero-order chi connectivity index (χ0) is 12.8. The first-order chi connectivity index (χ1) is 8.79. The van der Waals surface area contributed by atoms with Crippen molar-refractivity contribution in [3.05, 3.63) is 30.3 Å². The first kappa shape index (κ1) is 12.3. The maximum atomic E-state index is 9.36. The Morgan fingerprint density at radius 1 is 1.22 bits per heavy atom. The van der Waals surface area contributed by atoms with Crippen LogP contribution in [-0.4, -0.2) is 16.6 Å². The average molecular weight is 240 g/mol. The van der Waals surface area contributed by atoms with Crippen LogP contribution >= 0.6 is 0 Å². The summed E-state index contributed by atoms with van der Waals surface area (Å²) in [5.41, 5.74) is 0.876. The van der Waals surface area contributed by atoms with E-state index in [0.717, 1.165) is 42.5 Å². The van der Waals surface area contributed by atoms with Crippen molar-refractivity contribution >= 4 is 16.7 Å². The third kappa shape index (κ3) is 3.14. The molecule has 2 rings (SSSR count). The standard InChI is InChI=1S/C15H16N2O/c1-2-3-4-5-10-16-15-9-6-12-11-13(18)7-8-14(12)17-15/h1,6-9,11,18H,3-5,10H2,(H,16,17). The van der Waals surface area contributed by atoms with Gasteiger partial charge in [-0.25, -0.2) is 4.98 Å². The molecule has 1 heterocycles. The molecule has 0 fully saturated rings. The second-order valence-electron chi connectivity index (χ2n) is 4.16. The number of hydrogen-bond acceptors (Lipinski definition) is 3. The van der Waals surface area contributed by atoms with Crippen LogP contribution in [0.1, 0.15) is 19.3 Å². The summed E-state index contributed by atoms with van der Waals surface area (Å²) in [5, 5.41) is 13.6. The number of fused-ring (bicyclic) bond motifs is 1. The van der Waals surface area contributed by atoms with Crippen molar-refractivity contribution in [3.63, 3.8) is 0 Å². The van der Waals surface area contributed by atoms with Gasteiger partial charge in [-0.05, 0) is 43.2 Å². The summed E-state index contributed by atoms with van der Waals surface area (Å²) < 4.78 is 0. The molecule has 0 spiro atoms.